The number of hydrogen-bond acceptors (Lipinski definition) is 3. The van der Waals surface area contributed by atoms with E-state index in [0.717, 1.165) is 32.5 Å². The van der Waals surface area contributed by atoms with Crippen molar-refractivity contribution in [2.75, 3.05) is 32.8 Å². The van der Waals surface area contributed by atoms with Gasteiger partial charge in [0, 0.05) is 19.5 Å². The number of ether oxygens (including phenoxy) is 1. The molecule has 0 radical (unpaired) electrons. The largest absolute Gasteiger partial charge is 0.378 e. The molecule has 1 heterocycles. The van der Waals surface area contributed by atoms with Crippen molar-refractivity contribution >= 4 is 5.91 Å². The molecule has 1 aliphatic rings. The highest BCUT2D eigenvalue weighted by Gasteiger charge is 2.18. The van der Waals surface area contributed by atoms with E-state index in [2.05, 4.69) is 6.92 Å². The Morgan fingerprint density at radius 1 is 1.29 bits per heavy atom. The molecular weight excluding hydrogens is 216 g/mol. The first-order valence-corrected chi connectivity index (χ1v) is 6.83. The summed E-state index contributed by atoms with van der Waals surface area (Å²) in [7, 11) is 0. The first-order chi connectivity index (χ1) is 8.27. The summed E-state index contributed by atoms with van der Waals surface area (Å²) in [5.74, 6) is 0.904. The highest BCUT2D eigenvalue weighted by Crippen LogP contribution is 2.17. The molecule has 0 saturated carbocycles. The second-order valence-electron chi connectivity index (χ2n) is 4.76. The fraction of sp³-hybridized carbons (Fsp3) is 0.923. The molecule has 1 atom stereocenters. The van der Waals surface area contributed by atoms with Crippen LogP contribution in [-0.2, 0) is 9.53 Å². The average Bonchev–Trinajstić information content (AvgIpc) is 2.37. The van der Waals surface area contributed by atoms with Crippen molar-refractivity contribution in [2.24, 2.45) is 11.7 Å². The van der Waals surface area contributed by atoms with Crippen LogP contribution in [0.5, 0.6) is 0 Å². The number of morpholine rings is 1. The molecule has 1 unspecified atom stereocenters. The summed E-state index contributed by atoms with van der Waals surface area (Å²) < 4.78 is 5.24. The molecule has 1 rings (SSSR count). The Kier molecular flexibility index (Phi) is 7.21. The van der Waals surface area contributed by atoms with Crippen LogP contribution in [0.2, 0.25) is 0 Å². The second-order valence-corrected chi connectivity index (χ2v) is 4.76. The molecule has 1 fully saturated rings. The van der Waals surface area contributed by atoms with Gasteiger partial charge in [-0.15, -0.1) is 0 Å². The quantitative estimate of drug-likeness (QED) is 0.734. The molecule has 0 aromatic carbocycles. The third kappa shape index (κ3) is 5.50. The molecule has 1 saturated heterocycles. The zero-order valence-electron chi connectivity index (χ0n) is 11.0. The number of carbonyl (C=O) groups is 1. The maximum atomic E-state index is 12.0. The minimum Gasteiger partial charge on any atom is -0.378 e. The predicted molar refractivity (Wildman–Crippen MR) is 68.7 cm³/mol. The minimum atomic E-state index is 0.284. The molecule has 0 aromatic rings. The van der Waals surface area contributed by atoms with E-state index in [1.807, 2.05) is 4.90 Å². The average molecular weight is 242 g/mol. The van der Waals surface area contributed by atoms with Crippen molar-refractivity contribution in [3.63, 3.8) is 0 Å². The molecule has 17 heavy (non-hydrogen) atoms. The van der Waals surface area contributed by atoms with Gasteiger partial charge in [-0.25, -0.2) is 0 Å². The smallest absolute Gasteiger partial charge is 0.222 e. The summed E-state index contributed by atoms with van der Waals surface area (Å²) in [4.78, 5) is 13.9. The van der Waals surface area contributed by atoms with Crippen LogP contribution >= 0.6 is 0 Å². The summed E-state index contributed by atoms with van der Waals surface area (Å²) in [5, 5.41) is 0. The highest BCUT2D eigenvalue weighted by molar-refractivity contribution is 5.76. The van der Waals surface area contributed by atoms with Gasteiger partial charge >= 0.3 is 0 Å². The van der Waals surface area contributed by atoms with Gasteiger partial charge in [-0.1, -0.05) is 19.8 Å². The summed E-state index contributed by atoms with van der Waals surface area (Å²) in [6, 6.07) is 0. The maximum Gasteiger partial charge on any atom is 0.222 e. The van der Waals surface area contributed by atoms with Crippen LogP contribution in [0.25, 0.3) is 0 Å². The molecule has 0 aromatic heterocycles. The zero-order chi connectivity index (χ0) is 12.5. The lowest BCUT2D eigenvalue weighted by Gasteiger charge is -2.27. The normalized spacial score (nSPS) is 18.1. The van der Waals surface area contributed by atoms with E-state index in [9.17, 15) is 4.79 Å². The molecule has 100 valence electrons. The van der Waals surface area contributed by atoms with Gasteiger partial charge in [-0.05, 0) is 25.3 Å². The van der Waals surface area contributed by atoms with Gasteiger partial charge in [-0.3, -0.25) is 4.79 Å². The van der Waals surface area contributed by atoms with Crippen molar-refractivity contribution in [3.05, 3.63) is 0 Å². The van der Waals surface area contributed by atoms with Crippen LogP contribution < -0.4 is 5.73 Å². The number of amides is 1. The van der Waals surface area contributed by atoms with E-state index in [0.29, 0.717) is 25.6 Å². The molecule has 4 heteroatoms. The van der Waals surface area contributed by atoms with E-state index in [4.69, 9.17) is 10.5 Å². The summed E-state index contributed by atoms with van der Waals surface area (Å²) in [6.07, 6.45) is 5.07. The Balaban J connectivity index is 2.24. The topological polar surface area (TPSA) is 55.6 Å². The number of carbonyl (C=O) groups excluding carboxylic acids is 1. The van der Waals surface area contributed by atoms with E-state index in [1.165, 1.54) is 12.8 Å². The van der Waals surface area contributed by atoms with E-state index in [-0.39, 0.29) is 5.91 Å². The summed E-state index contributed by atoms with van der Waals surface area (Å²) >= 11 is 0. The molecular formula is C13H26N2O2. The Labute approximate surface area is 104 Å². The summed E-state index contributed by atoms with van der Waals surface area (Å²) in [5.41, 5.74) is 5.60. The van der Waals surface area contributed by atoms with Gasteiger partial charge in [0.1, 0.15) is 0 Å². The van der Waals surface area contributed by atoms with Gasteiger partial charge in [0.25, 0.3) is 0 Å². The first-order valence-electron chi connectivity index (χ1n) is 6.83. The van der Waals surface area contributed by atoms with Gasteiger partial charge < -0.3 is 15.4 Å². The standard InChI is InChI=1S/C13H26N2O2/c1-2-3-12(6-7-14)4-5-13(16)15-8-10-17-11-9-15/h12H,2-11,14H2,1H3. The molecule has 4 nitrogen and oxygen atoms in total. The SMILES string of the molecule is CCCC(CCN)CCC(=O)N1CCOCC1. The van der Waals surface area contributed by atoms with E-state index < -0.39 is 0 Å². The monoisotopic (exact) mass is 242 g/mol. The Morgan fingerprint density at radius 3 is 2.59 bits per heavy atom. The van der Waals surface area contributed by atoms with Crippen LogP contribution in [0.1, 0.15) is 39.0 Å². The lowest BCUT2D eigenvalue weighted by molar-refractivity contribution is -0.135. The van der Waals surface area contributed by atoms with Crippen LogP contribution in [-0.4, -0.2) is 43.7 Å². The fourth-order valence-corrected chi connectivity index (χ4v) is 2.38. The minimum absolute atomic E-state index is 0.284. The third-order valence-corrected chi connectivity index (χ3v) is 3.40. The van der Waals surface area contributed by atoms with Crippen LogP contribution in [0.3, 0.4) is 0 Å². The Morgan fingerprint density at radius 2 is 2.00 bits per heavy atom. The van der Waals surface area contributed by atoms with Gasteiger partial charge in [0.05, 0.1) is 13.2 Å². The van der Waals surface area contributed by atoms with E-state index in [1.54, 1.807) is 0 Å². The Bertz CT molecular complexity index is 209. The fourth-order valence-electron chi connectivity index (χ4n) is 2.38. The first kappa shape index (κ1) is 14.5. The zero-order valence-corrected chi connectivity index (χ0v) is 11.0. The summed E-state index contributed by atoms with van der Waals surface area (Å²) in [6.45, 7) is 5.81. The molecule has 1 amide bonds. The number of rotatable bonds is 7. The van der Waals surface area contributed by atoms with Crippen LogP contribution in [0.4, 0.5) is 0 Å². The van der Waals surface area contributed by atoms with Gasteiger partial charge in [-0.2, -0.15) is 0 Å². The van der Waals surface area contributed by atoms with Crippen molar-refractivity contribution in [1.29, 1.82) is 0 Å². The lowest BCUT2D eigenvalue weighted by atomic mass is 9.94. The molecule has 0 bridgehead atoms. The van der Waals surface area contributed by atoms with Crippen molar-refractivity contribution in [3.8, 4) is 0 Å². The molecule has 1 aliphatic heterocycles. The van der Waals surface area contributed by atoms with Crippen molar-refractivity contribution in [2.45, 2.75) is 39.0 Å². The molecule has 0 aliphatic carbocycles. The Hall–Kier alpha value is -0.610. The number of nitrogens with zero attached hydrogens (tertiary/aromatic N) is 1. The van der Waals surface area contributed by atoms with Gasteiger partial charge in [0.15, 0.2) is 0 Å². The van der Waals surface area contributed by atoms with Crippen molar-refractivity contribution in [1.82, 2.24) is 4.90 Å². The highest BCUT2D eigenvalue weighted by atomic mass is 16.5. The van der Waals surface area contributed by atoms with Crippen LogP contribution in [0, 0.1) is 5.92 Å². The maximum absolute atomic E-state index is 12.0. The number of nitrogens with two attached hydrogens (primary N) is 1. The predicted octanol–water partition coefficient (Wildman–Crippen LogP) is 1.39. The lowest BCUT2D eigenvalue weighted by Crippen LogP contribution is -2.40. The molecule has 0 spiro atoms. The van der Waals surface area contributed by atoms with Crippen LogP contribution in [0.15, 0.2) is 0 Å². The van der Waals surface area contributed by atoms with E-state index >= 15 is 0 Å². The van der Waals surface area contributed by atoms with Crippen molar-refractivity contribution < 1.29 is 9.53 Å². The number of hydrogen-bond donors (Lipinski definition) is 1. The third-order valence-electron chi connectivity index (χ3n) is 3.40. The van der Waals surface area contributed by atoms with Gasteiger partial charge in [0.2, 0.25) is 5.91 Å². The second kappa shape index (κ2) is 8.48. The molecule has 2 N–H and O–H groups in total.